The van der Waals surface area contributed by atoms with E-state index in [-0.39, 0.29) is 6.61 Å². The Hall–Kier alpha value is -2.14. The highest BCUT2D eigenvalue weighted by Gasteiger charge is 2.12. The molecule has 0 radical (unpaired) electrons. The third-order valence-electron chi connectivity index (χ3n) is 3.98. The Morgan fingerprint density at radius 3 is 2.68 bits per heavy atom. The molecule has 22 heavy (non-hydrogen) atoms. The number of aromatic nitrogens is 2. The summed E-state index contributed by atoms with van der Waals surface area (Å²) in [4.78, 5) is 11.0. The standard InChI is InChI=1S/C17H22N4O/c22-12-15-6-4-5-14(9-15)11-18-16-10-17(20-13-19-16)21-7-2-1-3-8-21/h4-6,9-10,13,22H,1-3,7-8,11-12H2,(H,18,19,20). The lowest BCUT2D eigenvalue weighted by atomic mass is 10.1. The van der Waals surface area contributed by atoms with E-state index in [2.05, 4.69) is 20.2 Å². The smallest absolute Gasteiger partial charge is 0.134 e. The topological polar surface area (TPSA) is 61.3 Å². The van der Waals surface area contributed by atoms with Gasteiger partial charge in [0.2, 0.25) is 0 Å². The normalized spacial score (nSPS) is 14.9. The molecule has 0 saturated carbocycles. The van der Waals surface area contributed by atoms with Crippen LogP contribution in [0.3, 0.4) is 0 Å². The molecule has 3 rings (SSSR count). The molecule has 5 heteroatoms. The number of hydrogen-bond acceptors (Lipinski definition) is 5. The molecular formula is C17H22N4O. The van der Waals surface area contributed by atoms with Gasteiger partial charge in [0, 0.05) is 25.7 Å². The average molecular weight is 298 g/mol. The summed E-state index contributed by atoms with van der Waals surface area (Å²) in [6.07, 6.45) is 5.41. The number of piperidine rings is 1. The molecule has 1 saturated heterocycles. The molecule has 1 aliphatic heterocycles. The first-order chi connectivity index (χ1) is 10.8. The van der Waals surface area contributed by atoms with Crippen molar-refractivity contribution in [3.8, 4) is 0 Å². The quantitative estimate of drug-likeness (QED) is 0.888. The molecule has 0 unspecified atom stereocenters. The second kappa shape index (κ2) is 7.22. The van der Waals surface area contributed by atoms with Crippen LogP contribution in [0.4, 0.5) is 11.6 Å². The second-order valence-electron chi connectivity index (χ2n) is 5.64. The maximum atomic E-state index is 9.18. The highest BCUT2D eigenvalue weighted by atomic mass is 16.3. The molecule has 2 aromatic rings. The summed E-state index contributed by atoms with van der Waals surface area (Å²) in [5.41, 5.74) is 2.06. The SMILES string of the molecule is OCc1cccc(CNc2cc(N3CCCCC3)ncn2)c1. The van der Waals surface area contributed by atoms with Crippen molar-refractivity contribution >= 4 is 11.6 Å². The predicted molar refractivity (Wildman–Crippen MR) is 87.8 cm³/mol. The van der Waals surface area contributed by atoms with Crippen molar-refractivity contribution in [2.24, 2.45) is 0 Å². The summed E-state index contributed by atoms with van der Waals surface area (Å²) in [6, 6.07) is 9.93. The van der Waals surface area contributed by atoms with Crippen molar-refractivity contribution in [2.45, 2.75) is 32.4 Å². The highest BCUT2D eigenvalue weighted by Crippen LogP contribution is 2.19. The molecule has 0 bridgehead atoms. The van der Waals surface area contributed by atoms with Crippen LogP contribution in [0.15, 0.2) is 36.7 Å². The lowest BCUT2D eigenvalue weighted by Crippen LogP contribution is -2.30. The second-order valence-corrected chi connectivity index (χ2v) is 5.64. The van der Waals surface area contributed by atoms with Crippen molar-refractivity contribution in [3.63, 3.8) is 0 Å². The Balaban J connectivity index is 1.64. The van der Waals surface area contributed by atoms with Crippen molar-refractivity contribution in [1.82, 2.24) is 9.97 Å². The van der Waals surface area contributed by atoms with Gasteiger partial charge in [-0.05, 0) is 30.4 Å². The monoisotopic (exact) mass is 298 g/mol. The number of rotatable bonds is 5. The van der Waals surface area contributed by atoms with E-state index in [0.29, 0.717) is 6.54 Å². The van der Waals surface area contributed by atoms with Gasteiger partial charge in [-0.2, -0.15) is 0 Å². The summed E-state index contributed by atoms with van der Waals surface area (Å²) in [5.74, 6) is 1.84. The van der Waals surface area contributed by atoms with Crippen LogP contribution in [0.5, 0.6) is 0 Å². The lowest BCUT2D eigenvalue weighted by molar-refractivity contribution is 0.281. The summed E-state index contributed by atoms with van der Waals surface area (Å²) in [5, 5.41) is 12.5. The van der Waals surface area contributed by atoms with Crippen molar-refractivity contribution in [2.75, 3.05) is 23.3 Å². The van der Waals surface area contributed by atoms with Gasteiger partial charge in [0.05, 0.1) is 6.61 Å². The minimum absolute atomic E-state index is 0.0699. The molecule has 1 aromatic heterocycles. The van der Waals surface area contributed by atoms with Gasteiger partial charge in [0.1, 0.15) is 18.0 Å². The molecule has 1 aromatic carbocycles. The Kier molecular flexibility index (Phi) is 4.85. The van der Waals surface area contributed by atoms with E-state index in [9.17, 15) is 5.11 Å². The van der Waals surface area contributed by atoms with Crippen LogP contribution in [0.25, 0.3) is 0 Å². The zero-order chi connectivity index (χ0) is 15.2. The van der Waals surface area contributed by atoms with Gasteiger partial charge in [0.15, 0.2) is 0 Å². The number of anilines is 2. The van der Waals surface area contributed by atoms with Gasteiger partial charge in [-0.3, -0.25) is 0 Å². The minimum Gasteiger partial charge on any atom is -0.392 e. The Labute approximate surface area is 131 Å². The molecule has 1 fully saturated rings. The molecule has 0 aliphatic carbocycles. The Bertz CT molecular complexity index is 611. The van der Waals surface area contributed by atoms with Gasteiger partial charge >= 0.3 is 0 Å². The maximum Gasteiger partial charge on any atom is 0.134 e. The molecular weight excluding hydrogens is 276 g/mol. The number of nitrogens with zero attached hydrogens (tertiary/aromatic N) is 3. The summed E-state index contributed by atoms with van der Waals surface area (Å²) >= 11 is 0. The fourth-order valence-corrected chi connectivity index (χ4v) is 2.77. The number of aliphatic hydroxyl groups is 1. The van der Waals surface area contributed by atoms with Crippen molar-refractivity contribution < 1.29 is 5.11 Å². The molecule has 0 amide bonds. The van der Waals surface area contributed by atoms with Gasteiger partial charge in [0.25, 0.3) is 0 Å². The first-order valence-corrected chi connectivity index (χ1v) is 7.85. The third-order valence-corrected chi connectivity index (χ3v) is 3.98. The zero-order valence-corrected chi connectivity index (χ0v) is 12.7. The van der Waals surface area contributed by atoms with E-state index in [1.165, 1.54) is 19.3 Å². The van der Waals surface area contributed by atoms with E-state index in [0.717, 1.165) is 35.9 Å². The molecule has 1 aliphatic rings. The zero-order valence-electron chi connectivity index (χ0n) is 12.7. The van der Waals surface area contributed by atoms with Crippen LogP contribution < -0.4 is 10.2 Å². The molecule has 2 heterocycles. The van der Waals surface area contributed by atoms with E-state index >= 15 is 0 Å². The largest absolute Gasteiger partial charge is 0.392 e. The van der Waals surface area contributed by atoms with Gasteiger partial charge in [-0.25, -0.2) is 9.97 Å². The van der Waals surface area contributed by atoms with Gasteiger partial charge < -0.3 is 15.3 Å². The average Bonchev–Trinajstić information content (AvgIpc) is 2.61. The highest BCUT2D eigenvalue weighted by molar-refractivity contribution is 5.49. The molecule has 116 valence electrons. The van der Waals surface area contributed by atoms with Crippen LogP contribution in [0.1, 0.15) is 30.4 Å². The van der Waals surface area contributed by atoms with E-state index < -0.39 is 0 Å². The predicted octanol–water partition coefficient (Wildman–Crippen LogP) is 2.57. The molecule has 5 nitrogen and oxygen atoms in total. The Morgan fingerprint density at radius 2 is 1.86 bits per heavy atom. The third kappa shape index (κ3) is 3.74. The van der Waals surface area contributed by atoms with E-state index in [1.807, 2.05) is 30.3 Å². The minimum atomic E-state index is 0.0699. The number of hydrogen-bond donors (Lipinski definition) is 2. The van der Waals surface area contributed by atoms with E-state index in [4.69, 9.17) is 0 Å². The van der Waals surface area contributed by atoms with Gasteiger partial charge in [-0.1, -0.05) is 24.3 Å². The van der Waals surface area contributed by atoms with Crippen LogP contribution in [0, 0.1) is 0 Å². The Morgan fingerprint density at radius 1 is 1.05 bits per heavy atom. The molecule has 2 N–H and O–H groups in total. The fraction of sp³-hybridized carbons (Fsp3) is 0.412. The first-order valence-electron chi connectivity index (χ1n) is 7.85. The van der Waals surface area contributed by atoms with Crippen LogP contribution in [-0.2, 0) is 13.2 Å². The van der Waals surface area contributed by atoms with Crippen LogP contribution in [-0.4, -0.2) is 28.2 Å². The van der Waals surface area contributed by atoms with Crippen LogP contribution in [0.2, 0.25) is 0 Å². The number of aliphatic hydroxyl groups excluding tert-OH is 1. The van der Waals surface area contributed by atoms with Gasteiger partial charge in [-0.15, -0.1) is 0 Å². The summed E-state index contributed by atoms with van der Waals surface area (Å²) < 4.78 is 0. The number of nitrogens with one attached hydrogen (secondary N) is 1. The van der Waals surface area contributed by atoms with Crippen LogP contribution >= 0.6 is 0 Å². The summed E-state index contributed by atoms with van der Waals surface area (Å²) in [7, 11) is 0. The van der Waals surface area contributed by atoms with Crippen molar-refractivity contribution in [3.05, 3.63) is 47.8 Å². The maximum absolute atomic E-state index is 9.18. The van der Waals surface area contributed by atoms with E-state index in [1.54, 1.807) is 6.33 Å². The molecule has 0 spiro atoms. The lowest BCUT2D eigenvalue weighted by Gasteiger charge is -2.27. The number of benzene rings is 1. The summed E-state index contributed by atoms with van der Waals surface area (Å²) in [6.45, 7) is 2.91. The first kappa shape index (κ1) is 14.8. The van der Waals surface area contributed by atoms with Crippen molar-refractivity contribution in [1.29, 1.82) is 0 Å². The molecule has 0 atom stereocenters. The fourth-order valence-electron chi connectivity index (χ4n) is 2.77.